The van der Waals surface area contributed by atoms with Gasteiger partial charge in [-0.25, -0.2) is 0 Å². The third kappa shape index (κ3) is 7.40. The number of hydrogen-bond donors (Lipinski definition) is 2. The first kappa shape index (κ1) is 22.2. The molecule has 0 aliphatic carbocycles. The summed E-state index contributed by atoms with van der Waals surface area (Å²) in [4.78, 5) is 2.41. The minimum absolute atomic E-state index is 0.516. The Balaban J connectivity index is 1.44. The zero-order chi connectivity index (χ0) is 21.0. The zero-order valence-electron chi connectivity index (χ0n) is 17.5. The van der Waals surface area contributed by atoms with Gasteiger partial charge in [0.2, 0.25) is 0 Å². The normalized spacial score (nSPS) is 14.9. The SMILES string of the molecule is C/C(=N/NC(=S)NCCCN1CCOCC1)c1ccccc1OCc1ccccc1. The molecule has 0 saturated carbocycles. The van der Waals surface area contributed by atoms with Crippen molar-refractivity contribution in [2.75, 3.05) is 39.4 Å². The minimum atomic E-state index is 0.516. The highest BCUT2D eigenvalue weighted by Crippen LogP contribution is 2.20. The van der Waals surface area contributed by atoms with E-state index in [1.54, 1.807) is 0 Å². The molecule has 0 amide bonds. The third-order valence-corrected chi connectivity index (χ3v) is 5.12. The van der Waals surface area contributed by atoms with Gasteiger partial charge in [-0.1, -0.05) is 42.5 Å². The van der Waals surface area contributed by atoms with Gasteiger partial charge < -0.3 is 14.8 Å². The molecule has 0 spiro atoms. The summed E-state index contributed by atoms with van der Waals surface area (Å²) in [7, 11) is 0. The Labute approximate surface area is 184 Å². The second-order valence-electron chi connectivity index (χ2n) is 7.14. The average molecular weight is 427 g/mol. The van der Waals surface area contributed by atoms with Crippen LogP contribution >= 0.6 is 12.2 Å². The number of benzene rings is 2. The highest BCUT2D eigenvalue weighted by atomic mass is 32.1. The fourth-order valence-corrected chi connectivity index (χ4v) is 3.34. The van der Waals surface area contributed by atoms with Crippen molar-refractivity contribution >= 4 is 23.0 Å². The summed E-state index contributed by atoms with van der Waals surface area (Å²) in [5.41, 5.74) is 5.82. The molecule has 0 atom stereocenters. The summed E-state index contributed by atoms with van der Waals surface area (Å²) in [5.74, 6) is 0.800. The van der Waals surface area contributed by atoms with Gasteiger partial charge in [0.25, 0.3) is 0 Å². The number of hydrazone groups is 1. The molecular formula is C23H30N4O2S. The lowest BCUT2D eigenvalue weighted by molar-refractivity contribution is 0.0376. The van der Waals surface area contributed by atoms with Crippen LogP contribution < -0.4 is 15.5 Å². The Bertz CT molecular complexity index is 823. The lowest BCUT2D eigenvalue weighted by atomic mass is 10.1. The molecule has 7 heteroatoms. The molecule has 3 rings (SSSR count). The van der Waals surface area contributed by atoms with E-state index in [-0.39, 0.29) is 0 Å². The predicted molar refractivity (Wildman–Crippen MR) is 125 cm³/mol. The second kappa shape index (κ2) is 12.3. The number of ether oxygens (including phenoxy) is 2. The van der Waals surface area contributed by atoms with Crippen molar-refractivity contribution in [2.45, 2.75) is 20.0 Å². The van der Waals surface area contributed by atoms with Gasteiger partial charge >= 0.3 is 0 Å². The maximum Gasteiger partial charge on any atom is 0.186 e. The van der Waals surface area contributed by atoms with Crippen molar-refractivity contribution in [1.29, 1.82) is 0 Å². The van der Waals surface area contributed by atoms with Gasteiger partial charge in [-0.05, 0) is 49.8 Å². The van der Waals surface area contributed by atoms with E-state index in [9.17, 15) is 0 Å². The molecule has 1 aliphatic heterocycles. The molecule has 160 valence electrons. The van der Waals surface area contributed by atoms with Crippen LogP contribution in [0.3, 0.4) is 0 Å². The molecule has 2 N–H and O–H groups in total. The predicted octanol–water partition coefficient (Wildman–Crippen LogP) is 3.18. The molecule has 0 aromatic heterocycles. The Morgan fingerprint density at radius 3 is 2.63 bits per heavy atom. The molecule has 0 radical (unpaired) electrons. The summed E-state index contributed by atoms with van der Waals surface area (Å²) in [5, 5.41) is 8.18. The van der Waals surface area contributed by atoms with E-state index in [1.807, 2.05) is 61.5 Å². The highest BCUT2D eigenvalue weighted by Gasteiger charge is 2.09. The Morgan fingerprint density at radius 2 is 1.83 bits per heavy atom. The van der Waals surface area contributed by atoms with E-state index in [0.29, 0.717) is 11.7 Å². The fourth-order valence-electron chi connectivity index (χ4n) is 3.19. The van der Waals surface area contributed by atoms with E-state index in [2.05, 4.69) is 20.7 Å². The highest BCUT2D eigenvalue weighted by molar-refractivity contribution is 7.80. The molecule has 2 aromatic rings. The lowest BCUT2D eigenvalue weighted by Crippen LogP contribution is -2.39. The smallest absolute Gasteiger partial charge is 0.186 e. The number of rotatable bonds is 9. The molecule has 30 heavy (non-hydrogen) atoms. The summed E-state index contributed by atoms with van der Waals surface area (Å²) in [6, 6.07) is 18.0. The van der Waals surface area contributed by atoms with Crippen LogP contribution in [0.2, 0.25) is 0 Å². The molecule has 1 saturated heterocycles. The molecule has 6 nitrogen and oxygen atoms in total. The van der Waals surface area contributed by atoms with Gasteiger partial charge in [0.15, 0.2) is 5.11 Å². The van der Waals surface area contributed by atoms with Crippen LogP contribution in [0.1, 0.15) is 24.5 Å². The van der Waals surface area contributed by atoms with Crippen molar-refractivity contribution in [2.24, 2.45) is 5.10 Å². The summed E-state index contributed by atoms with van der Waals surface area (Å²) in [6.45, 7) is 8.01. The van der Waals surface area contributed by atoms with Crippen molar-refractivity contribution < 1.29 is 9.47 Å². The molecule has 0 bridgehead atoms. The monoisotopic (exact) mass is 426 g/mol. The van der Waals surface area contributed by atoms with E-state index in [4.69, 9.17) is 21.7 Å². The third-order valence-electron chi connectivity index (χ3n) is 4.88. The van der Waals surface area contributed by atoms with E-state index in [1.165, 1.54) is 0 Å². The van der Waals surface area contributed by atoms with Gasteiger partial charge in [-0.3, -0.25) is 10.3 Å². The van der Waals surface area contributed by atoms with Gasteiger partial charge in [0, 0.05) is 25.2 Å². The Hall–Kier alpha value is -2.48. The maximum absolute atomic E-state index is 6.02. The van der Waals surface area contributed by atoms with Crippen LogP contribution in [0.5, 0.6) is 5.75 Å². The Morgan fingerprint density at radius 1 is 1.10 bits per heavy atom. The largest absolute Gasteiger partial charge is 0.488 e. The van der Waals surface area contributed by atoms with E-state index < -0.39 is 0 Å². The van der Waals surface area contributed by atoms with Gasteiger partial charge in [0.1, 0.15) is 12.4 Å². The van der Waals surface area contributed by atoms with E-state index >= 15 is 0 Å². The van der Waals surface area contributed by atoms with Crippen LogP contribution in [-0.4, -0.2) is 55.1 Å². The summed E-state index contributed by atoms with van der Waals surface area (Å²) < 4.78 is 11.4. The molecule has 1 fully saturated rings. The number of nitrogens with one attached hydrogen (secondary N) is 2. The first-order valence-electron chi connectivity index (χ1n) is 10.4. The first-order chi connectivity index (χ1) is 14.7. The van der Waals surface area contributed by atoms with E-state index in [0.717, 1.165) is 68.4 Å². The number of thiocarbonyl (C=S) groups is 1. The van der Waals surface area contributed by atoms with Crippen LogP contribution in [0.25, 0.3) is 0 Å². The van der Waals surface area contributed by atoms with Crippen LogP contribution in [0.4, 0.5) is 0 Å². The maximum atomic E-state index is 6.02. The summed E-state index contributed by atoms with van der Waals surface area (Å²) in [6.07, 6.45) is 1.03. The number of nitrogens with zero attached hydrogens (tertiary/aromatic N) is 2. The average Bonchev–Trinajstić information content (AvgIpc) is 2.80. The zero-order valence-corrected chi connectivity index (χ0v) is 18.3. The topological polar surface area (TPSA) is 58.1 Å². The molecular weight excluding hydrogens is 396 g/mol. The van der Waals surface area contributed by atoms with Gasteiger partial charge in [0.05, 0.1) is 18.9 Å². The second-order valence-corrected chi connectivity index (χ2v) is 7.55. The fraction of sp³-hybridized carbons (Fsp3) is 0.391. The van der Waals surface area contributed by atoms with Gasteiger partial charge in [-0.15, -0.1) is 0 Å². The first-order valence-corrected chi connectivity index (χ1v) is 10.8. The van der Waals surface area contributed by atoms with Crippen LogP contribution in [0, 0.1) is 0 Å². The van der Waals surface area contributed by atoms with Gasteiger partial charge in [-0.2, -0.15) is 5.10 Å². The molecule has 2 aromatic carbocycles. The number of morpholine rings is 1. The van der Waals surface area contributed by atoms with Crippen LogP contribution in [-0.2, 0) is 11.3 Å². The Kier molecular flexibility index (Phi) is 9.08. The summed E-state index contributed by atoms with van der Waals surface area (Å²) >= 11 is 5.35. The minimum Gasteiger partial charge on any atom is -0.488 e. The van der Waals surface area contributed by atoms with Crippen LogP contribution in [0.15, 0.2) is 59.7 Å². The number of hydrogen-bond acceptors (Lipinski definition) is 5. The molecule has 1 aliphatic rings. The number of para-hydroxylation sites is 1. The van der Waals surface area contributed by atoms with Crippen molar-refractivity contribution in [3.05, 3.63) is 65.7 Å². The lowest BCUT2D eigenvalue weighted by Gasteiger charge is -2.26. The van der Waals surface area contributed by atoms with Crippen molar-refractivity contribution in [3.63, 3.8) is 0 Å². The van der Waals surface area contributed by atoms with Crippen molar-refractivity contribution in [3.8, 4) is 5.75 Å². The van der Waals surface area contributed by atoms with Crippen molar-refractivity contribution in [1.82, 2.24) is 15.6 Å². The molecule has 0 unspecified atom stereocenters. The quantitative estimate of drug-likeness (QED) is 0.278. The standard InChI is InChI=1S/C23H30N4O2S/c1-19(25-26-23(30)24-12-7-13-27-14-16-28-17-15-27)21-10-5-6-11-22(21)29-18-20-8-3-2-4-9-20/h2-6,8-11H,7,12-18H2,1H3,(H2,24,26,30)/b25-19-. The molecule has 1 heterocycles.